The third-order valence-electron chi connectivity index (χ3n) is 4.66. The Morgan fingerprint density at radius 1 is 1.07 bits per heavy atom. The minimum atomic E-state index is -0.672. The van der Waals surface area contributed by atoms with Crippen molar-refractivity contribution in [3.05, 3.63) is 58.0 Å². The van der Waals surface area contributed by atoms with Gasteiger partial charge in [-0.15, -0.1) is 0 Å². The van der Waals surface area contributed by atoms with Crippen LogP contribution in [0.15, 0.2) is 28.7 Å². The molecule has 8 heteroatoms. The van der Waals surface area contributed by atoms with Crippen molar-refractivity contribution in [3.63, 3.8) is 0 Å². The zero-order valence-electron chi connectivity index (χ0n) is 16.4. The maximum absolute atomic E-state index is 12.5. The lowest BCUT2D eigenvalue weighted by molar-refractivity contribution is 0.0443. The van der Waals surface area contributed by atoms with Gasteiger partial charge in [0.25, 0.3) is 11.8 Å². The number of carbonyl (C=O) groups excluding carboxylic acids is 4. The Kier molecular flexibility index (Phi) is 5.81. The summed E-state index contributed by atoms with van der Waals surface area (Å²) in [5, 5.41) is 0. The van der Waals surface area contributed by atoms with Crippen LogP contribution in [0.4, 0.5) is 0 Å². The molecule has 1 aliphatic rings. The Morgan fingerprint density at radius 2 is 1.79 bits per heavy atom. The number of carbonyl (C=O) groups is 4. The molecule has 0 N–H and O–H groups in total. The largest absolute Gasteiger partial charge is 0.465 e. The molecule has 2 heterocycles. The van der Waals surface area contributed by atoms with Crippen LogP contribution in [0, 0.1) is 6.92 Å². The first kappa shape index (κ1) is 20.3. The average molecular weight is 399 g/mol. The van der Waals surface area contributed by atoms with Gasteiger partial charge in [-0.2, -0.15) is 0 Å². The fraction of sp³-hybridized carbons (Fsp3) is 0.333. The summed E-state index contributed by atoms with van der Waals surface area (Å²) in [7, 11) is 1.26. The predicted octanol–water partition coefficient (Wildman–Crippen LogP) is 3.13. The molecule has 0 saturated carbocycles. The summed E-state index contributed by atoms with van der Waals surface area (Å²) >= 11 is 0. The van der Waals surface area contributed by atoms with Crippen molar-refractivity contribution in [3.8, 4) is 0 Å². The van der Waals surface area contributed by atoms with Crippen molar-refractivity contribution in [1.29, 1.82) is 0 Å². The number of hydrogen-bond donors (Lipinski definition) is 0. The summed E-state index contributed by atoms with van der Waals surface area (Å²) in [6, 6.07) is 5.73. The molecule has 0 bridgehead atoms. The predicted molar refractivity (Wildman–Crippen MR) is 101 cm³/mol. The molecule has 8 nitrogen and oxygen atoms in total. The third kappa shape index (κ3) is 3.91. The smallest absolute Gasteiger partial charge is 0.341 e. The number of unbranched alkanes of at least 4 members (excludes halogenated alkanes) is 1. The molecular weight excluding hydrogens is 378 g/mol. The van der Waals surface area contributed by atoms with E-state index in [-0.39, 0.29) is 40.5 Å². The van der Waals surface area contributed by atoms with E-state index < -0.39 is 17.8 Å². The molecule has 0 atom stereocenters. The van der Waals surface area contributed by atoms with Crippen molar-refractivity contribution in [1.82, 2.24) is 4.90 Å². The average Bonchev–Trinajstić information content (AvgIpc) is 3.21. The fourth-order valence-corrected chi connectivity index (χ4v) is 3.08. The number of amides is 2. The second-order valence-corrected chi connectivity index (χ2v) is 6.63. The van der Waals surface area contributed by atoms with E-state index in [2.05, 4.69) is 4.74 Å². The van der Waals surface area contributed by atoms with Crippen molar-refractivity contribution >= 4 is 23.8 Å². The first-order valence-electron chi connectivity index (χ1n) is 9.22. The standard InChI is InChI=1S/C21H21NO7/c1-4-5-8-22-18(23)15-7-6-13(9-17(15)19(22)24)20(25)28-11-14-10-16(12(2)29-14)21(26)27-3/h6-7,9-10H,4-5,8,11H2,1-3H3. The highest BCUT2D eigenvalue weighted by atomic mass is 16.5. The molecule has 2 amide bonds. The van der Waals surface area contributed by atoms with Crippen LogP contribution in [-0.2, 0) is 16.1 Å². The van der Waals surface area contributed by atoms with E-state index in [0.29, 0.717) is 12.3 Å². The molecule has 2 aromatic rings. The van der Waals surface area contributed by atoms with E-state index in [1.807, 2.05) is 6.92 Å². The Morgan fingerprint density at radius 3 is 2.48 bits per heavy atom. The molecule has 29 heavy (non-hydrogen) atoms. The molecule has 1 aromatic heterocycles. The Labute approximate surface area is 167 Å². The minimum Gasteiger partial charge on any atom is -0.465 e. The lowest BCUT2D eigenvalue weighted by Gasteiger charge is -2.12. The molecule has 3 rings (SSSR count). The molecule has 0 fully saturated rings. The van der Waals surface area contributed by atoms with Gasteiger partial charge in [-0.3, -0.25) is 14.5 Å². The molecule has 0 aliphatic carbocycles. The first-order valence-corrected chi connectivity index (χ1v) is 9.22. The number of imide groups is 1. The quantitative estimate of drug-likeness (QED) is 0.520. The summed E-state index contributed by atoms with van der Waals surface area (Å²) in [5.74, 6) is -1.32. The molecular formula is C21H21NO7. The minimum absolute atomic E-state index is 0.152. The number of fused-ring (bicyclic) bond motifs is 1. The van der Waals surface area contributed by atoms with E-state index >= 15 is 0 Å². The maximum Gasteiger partial charge on any atom is 0.341 e. The van der Waals surface area contributed by atoms with E-state index in [9.17, 15) is 19.2 Å². The number of nitrogens with zero attached hydrogens (tertiary/aromatic N) is 1. The van der Waals surface area contributed by atoms with Gasteiger partial charge in [0, 0.05) is 6.54 Å². The lowest BCUT2D eigenvalue weighted by atomic mass is 10.1. The van der Waals surface area contributed by atoms with Crippen LogP contribution in [0.1, 0.15) is 72.7 Å². The normalized spacial score (nSPS) is 12.9. The van der Waals surface area contributed by atoms with Crippen LogP contribution in [0.5, 0.6) is 0 Å². The molecule has 152 valence electrons. The summed E-state index contributed by atoms with van der Waals surface area (Å²) in [5.41, 5.74) is 0.889. The second-order valence-electron chi connectivity index (χ2n) is 6.63. The monoisotopic (exact) mass is 399 g/mol. The number of esters is 2. The zero-order chi connectivity index (χ0) is 21.1. The van der Waals surface area contributed by atoms with E-state index in [1.165, 1.54) is 36.3 Å². The summed E-state index contributed by atoms with van der Waals surface area (Å²) in [6.07, 6.45) is 1.57. The van der Waals surface area contributed by atoms with Crippen LogP contribution >= 0.6 is 0 Å². The topological polar surface area (TPSA) is 103 Å². The Bertz CT molecular complexity index is 989. The second kappa shape index (κ2) is 8.30. The number of aryl methyl sites for hydroxylation is 1. The van der Waals surface area contributed by atoms with E-state index in [0.717, 1.165) is 12.8 Å². The van der Waals surface area contributed by atoms with Gasteiger partial charge in [0.15, 0.2) is 0 Å². The Hall–Kier alpha value is -3.42. The molecule has 0 unspecified atom stereocenters. The van der Waals surface area contributed by atoms with Crippen LogP contribution in [0.2, 0.25) is 0 Å². The van der Waals surface area contributed by atoms with E-state index in [1.54, 1.807) is 6.92 Å². The number of hydrogen-bond acceptors (Lipinski definition) is 7. The van der Waals surface area contributed by atoms with Gasteiger partial charge in [-0.1, -0.05) is 13.3 Å². The SMILES string of the molecule is CCCCN1C(=O)c2ccc(C(=O)OCc3cc(C(=O)OC)c(C)o3)cc2C1=O. The van der Waals surface area contributed by atoms with Gasteiger partial charge in [-0.05, 0) is 37.6 Å². The Balaban J connectivity index is 1.71. The third-order valence-corrected chi connectivity index (χ3v) is 4.66. The highest BCUT2D eigenvalue weighted by Crippen LogP contribution is 2.25. The van der Waals surface area contributed by atoms with Crippen molar-refractivity contribution in [2.45, 2.75) is 33.3 Å². The van der Waals surface area contributed by atoms with Gasteiger partial charge < -0.3 is 13.9 Å². The summed E-state index contributed by atoms with van der Waals surface area (Å²) in [4.78, 5) is 50.0. The number of rotatable bonds is 7. The van der Waals surface area contributed by atoms with E-state index in [4.69, 9.17) is 9.15 Å². The molecule has 0 spiro atoms. The highest BCUT2D eigenvalue weighted by Gasteiger charge is 2.35. The summed E-state index contributed by atoms with van der Waals surface area (Å²) in [6.45, 7) is 3.73. The first-order chi connectivity index (χ1) is 13.9. The molecule has 1 aromatic carbocycles. The van der Waals surface area contributed by atoms with Crippen molar-refractivity contribution in [2.24, 2.45) is 0 Å². The molecule has 0 radical (unpaired) electrons. The van der Waals surface area contributed by atoms with Gasteiger partial charge >= 0.3 is 11.9 Å². The zero-order valence-corrected chi connectivity index (χ0v) is 16.4. The van der Waals surface area contributed by atoms with Crippen molar-refractivity contribution in [2.75, 3.05) is 13.7 Å². The van der Waals surface area contributed by atoms with Gasteiger partial charge in [-0.25, -0.2) is 9.59 Å². The van der Waals surface area contributed by atoms with Crippen LogP contribution < -0.4 is 0 Å². The van der Waals surface area contributed by atoms with Gasteiger partial charge in [0.05, 0.1) is 23.8 Å². The highest BCUT2D eigenvalue weighted by molar-refractivity contribution is 6.21. The molecule has 0 saturated heterocycles. The number of benzene rings is 1. The number of furan rings is 1. The van der Waals surface area contributed by atoms with Crippen LogP contribution in [0.25, 0.3) is 0 Å². The molecule has 1 aliphatic heterocycles. The summed E-state index contributed by atoms with van der Waals surface area (Å²) < 4.78 is 15.3. The lowest BCUT2D eigenvalue weighted by Crippen LogP contribution is -2.30. The number of ether oxygens (including phenoxy) is 2. The van der Waals surface area contributed by atoms with Gasteiger partial charge in [0.2, 0.25) is 0 Å². The van der Waals surface area contributed by atoms with Gasteiger partial charge in [0.1, 0.15) is 23.7 Å². The van der Waals surface area contributed by atoms with Crippen LogP contribution in [-0.4, -0.2) is 42.3 Å². The fourth-order valence-electron chi connectivity index (χ4n) is 3.08. The van der Waals surface area contributed by atoms with Crippen LogP contribution in [0.3, 0.4) is 0 Å². The maximum atomic E-state index is 12.5. The van der Waals surface area contributed by atoms with Crippen molar-refractivity contribution < 1.29 is 33.1 Å². The number of methoxy groups -OCH3 is 1.